The molecule has 0 bridgehead atoms. The number of aliphatic carboxylic acids is 1. The Balaban J connectivity index is 3.00. The molecule has 3 unspecified atom stereocenters. The van der Waals surface area contributed by atoms with Gasteiger partial charge in [0.25, 0.3) is 0 Å². The minimum Gasteiger partial charge on any atom is -0.481 e. The van der Waals surface area contributed by atoms with Gasteiger partial charge in [-0.05, 0) is 24.7 Å². The molecule has 0 aromatic rings. The second-order valence-electron chi connectivity index (χ2n) is 4.52. The van der Waals surface area contributed by atoms with E-state index in [1.165, 1.54) is 6.42 Å². The van der Waals surface area contributed by atoms with Crippen LogP contribution in [-0.2, 0) is 4.79 Å². The molecule has 1 N–H and O–H groups in total. The zero-order valence-electron chi connectivity index (χ0n) is 9.12. The third-order valence-corrected chi connectivity index (χ3v) is 3.92. The standard InChI is InChI=1S/C12H20O2/c1-4-9(2)12(11(13)14)8-6-5-7-10(12)3/h4,9-10H,1,5-8H2,2-3H3,(H,13,14). The molecule has 14 heavy (non-hydrogen) atoms. The van der Waals surface area contributed by atoms with Crippen LogP contribution in [0.5, 0.6) is 0 Å². The van der Waals surface area contributed by atoms with Gasteiger partial charge in [0, 0.05) is 0 Å². The van der Waals surface area contributed by atoms with Crippen molar-refractivity contribution in [2.24, 2.45) is 17.3 Å². The molecule has 2 heteroatoms. The molecule has 1 rings (SSSR count). The zero-order chi connectivity index (χ0) is 10.8. The van der Waals surface area contributed by atoms with Crippen molar-refractivity contribution in [3.05, 3.63) is 12.7 Å². The van der Waals surface area contributed by atoms with Gasteiger partial charge >= 0.3 is 5.97 Å². The third-order valence-electron chi connectivity index (χ3n) is 3.92. The summed E-state index contributed by atoms with van der Waals surface area (Å²) in [7, 11) is 0. The Bertz CT molecular complexity index is 234. The first-order valence-electron chi connectivity index (χ1n) is 5.41. The minimum atomic E-state index is -0.642. The number of rotatable bonds is 3. The zero-order valence-corrected chi connectivity index (χ0v) is 9.12. The summed E-state index contributed by atoms with van der Waals surface area (Å²) in [5.41, 5.74) is -0.556. The fraction of sp³-hybridized carbons (Fsp3) is 0.750. The average molecular weight is 196 g/mol. The fourth-order valence-electron chi connectivity index (χ4n) is 2.77. The maximum Gasteiger partial charge on any atom is 0.310 e. The van der Waals surface area contributed by atoms with Crippen molar-refractivity contribution in [3.63, 3.8) is 0 Å². The summed E-state index contributed by atoms with van der Waals surface area (Å²) in [6.45, 7) is 7.77. The van der Waals surface area contributed by atoms with Crippen molar-refractivity contribution in [3.8, 4) is 0 Å². The van der Waals surface area contributed by atoms with Crippen LogP contribution in [-0.4, -0.2) is 11.1 Å². The van der Waals surface area contributed by atoms with Crippen LogP contribution in [0.25, 0.3) is 0 Å². The fourth-order valence-corrected chi connectivity index (χ4v) is 2.77. The van der Waals surface area contributed by atoms with Crippen LogP contribution in [0.15, 0.2) is 12.7 Å². The molecule has 1 aliphatic rings. The molecule has 0 aromatic heterocycles. The summed E-state index contributed by atoms with van der Waals surface area (Å²) < 4.78 is 0. The van der Waals surface area contributed by atoms with Crippen molar-refractivity contribution < 1.29 is 9.90 Å². The Kier molecular flexibility index (Phi) is 3.35. The highest BCUT2D eigenvalue weighted by Gasteiger charge is 2.47. The van der Waals surface area contributed by atoms with Crippen LogP contribution in [0.2, 0.25) is 0 Å². The van der Waals surface area contributed by atoms with Crippen molar-refractivity contribution in [2.75, 3.05) is 0 Å². The highest BCUT2D eigenvalue weighted by atomic mass is 16.4. The van der Waals surface area contributed by atoms with E-state index in [2.05, 4.69) is 13.5 Å². The first-order chi connectivity index (χ1) is 6.55. The van der Waals surface area contributed by atoms with Crippen LogP contribution in [0.1, 0.15) is 39.5 Å². The molecule has 0 aromatic carbocycles. The lowest BCUT2D eigenvalue weighted by atomic mass is 9.60. The van der Waals surface area contributed by atoms with Crippen LogP contribution in [0.3, 0.4) is 0 Å². The van der Waals surface area contributed by atoms with Crippen molar-refractivity contribution >= 4 is 5.97 Å². The summed E-state index contributed by atoms with van der Waals surface area (Å²) in [4.78, 5) is 11.4. The Hall–Kier alpha value is -0.790. The van der Waals surface area contributed by atoms with E-state index in [-0.39, 0.29) is 11.8 Å². The Morgan fingerprint density at radius 2 is 2.29 bits per heavy atom. The SMILES string of the molecule is C=CC(C)C1(C(=O)O)CCCCC1C. The molecule has 0 heterocycles. The summed E-state index contributed by atoms with van der Waals surface area (Å²) in [6, 6.07) is 0. The van der Waals surface area contributed by atoms with Gasteiger partial charge in [-0.15, -0.1) is 6.58 Å². The number of allylic oxidation sites excluding steroid dienone is 1. The van der Waals surface area contributed by atoms with Gasteiger partial charge in [-0.1, -0.05) is 32.8 Å². The molecule has 1 aliphatic carbocycles. The molecule has 0 amide bonds. The molecule has 0 spiro atoms. The monoisotopic (exact) mass is 196 g/mol. The molecule has 2 nitrogen and oxygen atoms in total. The lowest BCUT2D eigenvalue weighted by Gasteiger charge is -2.42. The quantitative estimate of drug-likeness (QED) is 0.704. The van der Waals surface area contributed by atoms with Crippen molar-refractivity contribution in [1.82, 2.24) is 0 Å². The number of carboxylic acids is 1. The minimum absolute atomic E-state index is 0.0651. The number of carboxylic acid groups (broad SMARTS) is 1. The van der Waals surface area contributed by atoms with E-state index in [1.54, 1.807) is 6.08 Å². The van der Waals surface area contributed by atoms with E-state index < -0.39 is 11.4 Å². The Labute approximate surface area is 86.0 Å². The molecule has 1 saturated carbocycles. The van der Waals surface area contributed by atoms with Gasteiger partial charge in [0.1, 0.15) is 0 Å². The van der Waals surface area contributed by atoms with Gasteiger partial charge in [-0.3, -0.25) is 4.79 Å². The lowest BCUT2D eigenvalue weighted by Crippen LogP contribution is -2.44. The predicted octanol–water partition coefficient (Wildman–Crippen LogP) is 3.09. The van der Waals surface area contributed by atoms with E-state index in [0.717, 1.165) is 19.3 Å². The molecule has 0 radical (unpaired) electrons. The predicted molar refractivity (Wildman–Crippen MR) is 57.1 cm³/mol. The van der Waals surface area contributed by atoms with E-state index in [4.69, 9.17) is 0 Å². The smallest absolute Gasteiger partial charge is 0.310 e. The Morgan fingerprint density at radius 1 is 1.64 bits per heavy atom. The van der Waals surface area contributed by atoms with Crippen molar-refractivity contribution in [1.29, 1.82) is 0 Å². The van der Waals surface area contributed by atoms with Crippen LogP contribution in [0.4, 0.5) is 0 Å². The summed E-state index contributed by atoms with van der Waals surface area (Å²) in [5, 5.41) is 9.41. The van der Waals surface area contributed by atoms with Crippen LogP contribution in [0, 0.1) is 17.3 Å². The maximum atomic E-state index is 11.4. The van der Waals surface area contributed by atoms with Gasteiger partial charge in [0.05, 0.1) is 5.41 Å². The molecular formula is C12H20O2. The highest BCUT2D eigenvalue weighted by Crippen LogP contribution is 2.47. The lowest BCUT2D eigenvalue weighted by molar-refractivity contribution is -0.157. The van der Waals surface area contributed by atoms with Gasteiger partial charge in [-0.2, -0.15) is 0 Å². The molecule has 3 atom stereocenters. The van der Waals surface area contributed by atoms with Gasteiger partial charge in [0.2, 0.25) is 0 Å². The molecule has 1 fully saturated rings. The summed E-state index contributed by atoms with van der Waals surface area (Å²) in [6.07, 6.45) is 5.83. The van der Waals surface area contributed by atoms with Gasteiger partial charge in [-0.25, -0.2) is 0 Å². The molecule has 0 saturated heterocycles. The Morgan fingerprint density at radius 3 is 2.71 bits per heavy atom. The molecular weight excluding hydrogens is 176 g/mol. The van der Waals surface area contributed by atoms with Crippen LogP contribution < -0.4 is 0 Å². The second-order valence-corrected chi connectivity index (χ2v) is 4.52. The largest absolute Gasteiger partial charge is 0.481 e. The average Bonchev–Trinajstić information content (AvgIpc) is 2.17. The van der Waals surface area contributed by atoms with E-state index in [0.29, 0.717) is 0 Å². The van der Waals surface area contributed by atoms with E-state index >= 15 is 0 Å². The van der Waals surface area contributed by atoms with Crippen molar-refractivity contribution in [2.45, 2.75) is 39.5 Å². The summed E-state index contributed by atoms with van der Waals surface area (Å²) in [5.74, 6) is -0.311. The third kappa shape index (κ3) is 1.58. The van der Waals surface area contributed by atoms with Gasteiger partial charge < -0.3 is 5.11 Å². The van der Waals surface area contributed by atoms with Gasteiger partial charge in [0.15, 0.2) is 0 Å². The van der Waals surface area contributed by atoms with E-state index in [9.17, 15) is 9.90 Å². The van der Waals surface area contributed by atoms with Crippen LogP contribution >= 0.6 is 0 Å². The first kappa shape index (κ1) is 11.3. The number of hydrogen-bond acceptors (Lipinski definition) is 1. The molecule has 0 aliphatic heterocycles. The normalized spacial score (nSPS) is 34.9. The number of hydrogen-bond donors (Lipinski definition) is 1. The molecule has 80 valence electrons. The topological polar surface area (TPSA) is 37.3 Å². The second kappa shape index (κ2) is 4.16. The van der Waals surface area contributed by atoms with E-state index in [1.807, 2.05) is 6.92 Å². The number of carbonyl (C=O) groups is 1. The maximum absolute atomic E-state index is 11.4. The highest BCUT2D eigenvalue weighted by molar-refractivity contribution is 5.76. The first-order valence-corrected chi connectivity index (χ1v) is 5.41. The summed E-state index contributed by atoms with van der Waals surface area (Å²) >= 11 is 0.